The Bertz CT molecular complexity index is 3960. The monoisotopic (exact) mass is 938 g/mol. The van der Waals surface area contributed by atoms with Crippen LogP contribution in [0.4, 0.5) is 62.6 Å². The predicted octanol–water partition coefficient (Wildman–Crippen LogP) is 12.3. The molecule has 17 rings (SSSR count). The fourth-order valence-electron chi connectivity index (χ4n) is 13.1. The fourth-order valence-corrected chi connectivity index (χ4v) is 13.1. The van der Waals surface area contributed by atoms with Crippen molar-refractivity contribution < 1.29 is 18.9 Å². The van der Waals surface area contributed by atoms with Gasteiger partial charge in [-0.3, -0.25) is 0 Å². The largest absolute Gasteiger partial charge is 0.458 e. The van der Waals surface area contributed by atoms with Crippen LogP contribution >= 0.6 is 0 Å². The molecule has 0 bridgehead atoms. The Balaban J connectivity index is 0.915. The van der Waals surface area contributed by atoms with E-state index < -0.39 is 0 Å². The molecule has 73 heavy (non-hydrogen) atoms. The van der Waals surface area contributed by atoms with Gasteiger partial charge >= 0.3 is 0 Å². The lowest BCUT2D eigenvalue weighted by Crippen LogP contribution is -2.64. The lowest BCUT2D eigenvalue weighted by molar-refractivity contribution is 0.475. The van der Waals surface area contributed by atoms with Crippen molar-refractivity contribution in [1.29, 1.82) is 0 Å². The molecule has 0 radical (unpaired) electrons. The van der Waals surface area contributed by atoms with Gasteiger partial charge in [-0.25, -0.2) is 0 Å². The van der Waals surface area contributed by atoms with E-state index in [1.54, 1.807) is 0 Å². The van der Waals surface area contributed by atoms with Crippen LogP contribution in [0, 0.1) is 0 Å². The lowest BCUT2D eigenvalue weighted by atomic mass is 9.30. The van der Waals surface area contributed by atoms with Gasteiger partial charge in [-0.2, -0.15) is 0 Å². The first-order chi connectivity index (χ1) is 36.2. The molecule has 10 aromatic carbocycles. The van der Waals surface area contributed by atoms with Crippen molar-refractivity contribution in [3.8, 4) is 46.0 Å². The van der Waals surface area contributed by atoms with E-state index in [1.807, 2.05) is 36.4 Å². The van der Waals surface area contributed by atoms with Gasteiger partial charge < -0.3 is 38.5 Å². The smallest absolute Gasteiger partial charge is 0.256 e. The van der Waals surface area contributed by atoms with Gasteiger partial charge in [0.05, 0.1) is 34.1 Å². The van der Waals surface area contributed by atoms with Gasteiger partial charge in [-0.15, -0.1) is 0 Å². The molecule has 10 heteroatoms. The number of benzene rings is 10. The molecule has 0 amide bonds. The maximum Gasteiger partial charge on any atom is 0.256 e. The number of ether oxygens (including phenoxy) is 4. The van der Waals surface area contributed by atoms with E-state index in [2.05, 4.69) is 189 Å². The average molecular weight is 939 g/mol. The first-order valence-electron chi connectivity index (χ1n) is 25.3. The minimum absolute atomic E-state index is 0.0778. The fraction of sp³-hybridized carbons (Fsp3) is 0.0476. The minimum Gasteiger partial charge on any atom is -0.458 e. The zero-order valence-electron chi connectivity index (χ0n) is 39.3. The van der Waals surface area contributed by atoms with Crippen molar-refractivity contribution in [3.05, 3.63) is 212 Å². The number of para-hydroxylation sites is 11. The van der Waals surface area contributed by atoms with E-state index in [-0.39, 0.29) is 13.4 Å². The Morgan fingerprint density at radius 2 is 0.795 bits per heavy atom. The molecule has 0 spiro atoms. The van der Waals surface area contributed by atoms with Crippen molar-refractivity contribution in [2.45, 2.75) is 12.8 Å². The van der Waals surface area contributed by atoms with Gasteiger partial charge in [-0.1, -0.05) is 109 Å². The van der Waals surface area contributed by atoms with E-state index in [9.17, 15) is 0 Å². The topological polar surface area (TPSA) is 49.9 Å². The summed E-state index contributed by atoms with van der Waals surface area (Å²) in [5, 5.41) is 0. The normalized spacial score (nSPS) is 15.0. The Labute approximate surface area is 422 Å². The molecule has 7 aliphatic heterocycles. The third-order valence-corrected chi connectivity index (χ3v) is 16.0. The summed E-state index contributed by atoms with van der Waals surface area (Å²) in [6, 6.07) is 73.4. The molecular formula is C63H40B2N4O4. The average Bonchev–Trinajstić information content (AvgIpc) is 3.44. The molecule has 0 fully saturated rings. The van der Waals surface area contributed by atoms with Gasteiger partial charge in [-0.05, 0) is 131 Å². The number of hydrogen-bond acceptors (Lipinski definition) is 8. The highest BCUT2D eigenvalue weighted by molar-refractivity contribution is 7.02. The van der Waals surface area contributed by atoms with Gasteiger partial charge in [0.15, 0.2) is 23.0 Å². The van der Waals surface area contributed by atoms with E-state index in [4.69, 9.17) is 18.9 Å². The zero-order chi connectivity index (χ0) is 47.5. The standard InChI is InChI=1S/C63H40B2N4O4/c1-2-17-38(18-3-1)67-46-22-6-4-20-42(46)64-45-37-44-62-41(63(45)73-59-36-40(34-52(67)61(59)64)69-49-25-9-14-30-56(49)72-57-31-15-10-26-50(57)69)19-16-32-66(62)51-33-39(35-58-60(51)65(44)43-21-5-11-27-53(43)70-58)68-47-23-7-12-28-54(47)71-55-29-13-8-24-48(55)68/h1-15,17-18,20-31,33-37H,16,19,32H2. The SMILES string of the molecule is c1ccc(N2c3ccccc3B3c4cc5c6c(c4Oc4cc(N7c8ccccc8Oc8ccccc87)cc2c43)CCCN6c2cc(N3c4ccccc4Oc4ccccc43)cc3c2B5c2ccccc2O3)cc1. The second-order valence-electron chi connectivity index (χ2n) is 19.8. The van der Waals surface area contributed by atoms with Crippen LogP contribution in [0.25, 0.3) is 0 Å². The summed E-state index contributed by atoms with van der Waals surface area (Å²) < 4.78 is 27.9. The van der Waals surface area contributed by atoms with Crippen LogP contribution in [0.15, 0.2) is 206 Å². The maximum atomic E-state index is 7.70. The van der Waals surface area contributed by atoms with Crippen LogP contribution in [0.1, 0.15) is 12.0 Å². The summed E-state index contributed by atoms with van der Waals surface area (Å²) in [6.45, 7) is 0.671. The second-order valence-corrected chi connectivity index (χ2v) is 19.8. The number of hydrogen-bond donors (Lipinski definition) is 0. The molecule has 0 aliphatic carbocycles. The Morgan fingerprint density at radius 3 is 1.42 bits per heavy atom. The molecule has 0 unspecified atom stereocenters. The van der Waals surface area contributed by atoms with E-state index in [0.717, 1.165) is 128 Å². The third-order valence-electron chi connectivity index (χ3n) is 16.0. The summed E-state index contributed by atoms with van der Waals surface area (Å²) >= 11 is 0. The van der Waals surface area contributed by atoms with Crippen molar-refractivity contribution in [2.24, 2.45) is 0 Å². The maximum absolute atomic E-state index is 7.70. The molecular weight excluding hydrogens is 898 g/mol. The number of anilines is 11. The highest BCUT2D eigenvalue weighted by Crippen LogP contribution is 2.55. The van der Waals surface area contributed by atoms with Gasteiger partial charge in [0.2, 0.25) is 0 Å². The number of nitrogens with zero attached hydrogens (tertiary/aromatic N) is 4. The molecule has 0 aromatic heterocycles. The molecule has 7 aliphatic rings. The summed E-state index contributed by atoms with van der Waals surface area (Å²) in [4.78, 5) is 9.68. The van der Waals surface area contributed by atoms with Crippen molar-refractivity contribution in [3.63, 3.8) is 0 Å². The Kier molecular flexibility index (Phi) is 7.92. The van der Waals surface area contributed by atoms with Crippen LogP contribution in [-0.4, -0.2) is 20.0 Å². The third kappa shape index (κ3) is 5.41. The number of rotatable bonds is 3. The van der Waals surface area contributed by atoms with Crippen molar-refractivity contribution in [1.82, 2.24) is 0 Å². The number of fused-ring (bicyclic) bond motifs is 13. The molecule has 0 N–H and O–H groups in total. The Hall–Kier alpha value is -9.27. The molecule has 0 atom stereocenters. The van der Waals surface area contributed by atoms with Crippen molar-refractivity contribution >= 4 is 109 Å². The summed E-state index contributed by atoms with van der Waals surface area (Å²) in [5.41, 5.74) is 20.2. The predicted molar refractivity (Wildman–Crippen MR) is 295 cm³/mol. The second kappa shape index (κ2) is 14.7. The van der Waals surface area contributed by atoms with Gasteiger partial charge in [0.25, 0.3) is 13.4 Å². The van der Waals surface area contributed by atoms with Crippen LogP contribution in [0.3, 0.4) is 0 Å². The highest BCUT2D eigenvalue weighted by Gasteiger charge is 2.49. The first kappa shape index (κ1) is 39.5. The quantitative estimate of drug-likeness (QED) is 0.162. The van der Waals surface area contributed by atoms with Gasteiger partial charge in [0, 0.05) is 52.7 Å². The van der Waals surface area contributed by atoms with Crippen LogP contribution < -0.4 is 71.3 Å². The van der Waals surface area contributed by atoms with Crippen LogP contribution in [0.2, 0.25) is 0 Å². The molecule has 8 nitrogen and oxygen atoms in total. The highest BCUT2D eigenvalue weighted by atomic mass is 16.5. The van der Waals surface area contributed by atoms with E-state index in [0.29, 0.717) is 0 Å². The zero-order valence-corrected chi connectivity index (χ0v) is 39.3. The van der Waals surface area contributed by atoms with Crippen LogP contribution in [-0.2, 0) is 6.42 Å². The molecule has 0 saturated heterocycles. The molecule has 342 valence electrons. The summed E-state index contributed by atoms with van der Waals surface area (Å²) in [7, 11) is 0. The first-order valence-corrected chi connectivity index (χ1v) is 25.3. The van der Waals surface area contributed by atoms with Crippen LogP contribution in [0.5, 0.6) is 46.0 Å². The van der Waals surface area contributed by atoms with Gasteiger partial charge in [0.1, 0.15) is 23.0 Å². The molecule has 10 aromatic rings. The molecule has 7 heterocycles. The minimum atomic E-state index is -0.111. The van der Waals surface area contributed by atoms with Crippen molar-refractivity contribution in [2.75, 3.05) is 26.1 Å². The van der Waals surface area contributed by atoms with E-state index in [1.165, 1.54) is 38.6 Å². The summed E-state index contributed by atoms with van der Waals surface area (Å²) in [6.07, 6.45) is 1.84. The Morgan fingerprint density at radius 1 is 0.329 bits per heavy atom. The van der Waals surface area contributed by atoms with E-state index >= 15 is 0 Å². The summed E-state index contributed by atoms with van der Waals surface area (Å²) in [5.74, 6) is 6.82. The lowest BCUT2D eigenvalue weighted by Gasteiger charge is -2.46. The molecule has 0 saturated carbocycles.